The molecule has 1 unspecified atom stereocenters. The molecule has 3 heterocycles. The molecule has 1 aliphatic rings. The summed E-state index contributed by atoms with van der Waals surface area (Å²) in [6.45, 7) is 5.19. The van der Waals surface area contributed by atoms with Gasteiger partial charge < -0.3 is 10.2 Å². The van der Waals surface area contributed by atoms with Crippen molar-refractivity contribution in [1.29, 1.82) is 0 Å². The third kappa shape index (κ3) is 1.90. The maximum Gasteiger partial charge on any atom is 0.199 e. The number of anilines is 1. The number of piperidine rings is 1. The van der Waals surface area contributed by atoms with Gasteiger partial charge in [-0.05, 0) is 36.7 Å². The van der Waals surface area contributed by atoms with Crippen LogP contribution in [0.1, 0.15) is 19.8 Å². The van der Waals surface area contributed by atoms with Gasteiger partial charge in [0.1, 0.15) is 0 Å². The molecule has 2 aromatic rings. The predicted molar refractivity (Wildman–Crippen MR) is 67.5 cm³/mol. The Morgan fingerprint density at radius 2 is 2.44 bits per heavy atom. The van der Waals surface area contributed by atoms with Gasteiger partial charge in [0, 0.05) is 19.1 Å². The number of rotatable bonds is 3. The van der Waals surface area contributed by atoms with E-state index in [1.54, 1.807) is 10.7 Å². The molecule has 1 fully saturated rings. The molecule has 96 valence electrons. The van der Waals surface area contributed by atoms with Crippen LogP contribution in [0.15, 0.2) is 12.4 Å². The van der Waals surface area contributed by atoms with Crippen LogP contribution in [0.2, 0.25) is 0 Å². The number of hydrogen-bond acceptors (Lipinski definition) is 6. The summed E-state index contributed by atoms with van der Waals surface area (Å²) in [6, 6.07) is 0.486. The summed E-state index contributed by atoms with van der Waals surface area (Å²) in [6.07, 6.45) is 5.91. The lowest BCUT2D eigenvalue weighted by Gasteiger charge is -2.35. The summed E-state index contributed by atoms with van der Waals surface area (Å²) in [5.74, 6) is 0.966. The number of hydrogen-bond donors (Lipinski definition) is 1. The topological polar surface area (TPSA) is 71.2 Å². The Kier molecular flexibility index (Phi) is 3.06. The van der Waals surface area contributed by atoms with E-state index in [0.717, 1.165) is 25.5 Å². The van der Waals surface area contributed by atoms with Gasteiger partial charge in [-0.3, -0.25) is 4.98 Å². The standard InChI is InChI=1S/C11H17N7/c1-2-17(9-4-3-5-12-6-9)11-8-13-7-10-14-15-16-18(10)11/h7-9,12H,2-6H2,1H3. The fourth-order valence-electron chi connectivity index (χ4n) is 2.57. The number of nitrogens with one attached hydrogen (secondary N) is 1. The van der Waals surface area contributed by atoms with Crippen LogP contribution in [0, 0.1) is 0 Å². The van der Waals surface area contributed by atoms with Crippen molar-refractivity contribution in [3.05, 3.63) is 12.4 Å². The third-order valence-corrected chi connectivity index (χ3v) is 3.44. The fourth-order valence-corrected chi connectivity index (χ4v) is 2.57. The van der Waals surface area contributed by atoms with Gasteiger partial charge in [0.15, 0.2) is 11.5 Å². The van der Waals surface area contributed by atoms with E-state index in [2.05, 4.69) is 37.6 Å². The minimum Gasteiger partial charge on any atom is -0.351 e. The lowest BCUT2D eigenvalue weighted by Crippen LogP contribution is -2.46. The molecule has 1 atom stereocenters. The maximum absolute atomic E-state index is 4.22. The summed E-state index contributed by atoms with van der Waals surface area (Å²) >= 11 is 0. The van der Waals surface area contributed by atoms with Crippen LogP contribution < -0.4 is 10.2 Å². The van der Waals surface area contributed by atoms with Crippen molar-refractivity contribution < 1.29 is 0 Å². The highest BCUT2D eigenvalue weighted by molar-refractivity contribution is 5.46. The number of tetrazole rings is 1. The average Bonchev–Trinajstić information content (AvgIpc) is 2.90. The van der Waals surface area contributed by atoms with Crippen LogP contribution in [-0.2, 0) is 0 Å². The normalized spacial score (nSPS) is 20.2. The van der Waals surface area contributed by atoms with Gasteiger partial charge in [-0.2, -0.15) is 4.52 Å². The van der Waals surface area contributed by atoms with Crippen molar-refractivity contribution in [2.75, 3.05) is 24.5 Å². The zero-order valence-electron chi connectivity index (χ0n) is 10.5. The van der Waals surface area contributed by atoms with E-state index in [4.69, 9.17) is 0 Å². The third-order valence-electron chi connectivity index (χ3n) is 3.44. The number of aromatic nitrogens is 5. The Hall–Kier alpha value is -1.76. The molecule has 3 rings (SSSR count). The first-order valence-corrected chi connectivity index (χ1v) is 6.39. The quantitative estimate of drug-likeness (QED) is 0.829. The SMILES string of the molecule is CCN(c1cncc2nnnn12)C1CCCNC1. The maximum atomic E-state index is 4.22. The second kappa shape index (κ2) is 4.85. The largest absolute Gasteiger partial charge is 0.351 e. The molecule has 7 nitrogen and oxygen atoms in total. The van der Waals surface area contributed by atoms with Crippen LogP contribution in [0.3, 0.4) is 0 Å². The van der Waals surface area contributed by atoms with Crippen molar-refractivity contribution in [3.63, 3.8) is 0 Å². The first-order chi connectivity index (χ1) is 8.90. The first kappa shape index (κ1) is 11.3. The van der Waals surface area contributed by atoms with Gasteiger partial charge >= 0.3 is 0 Å². The monoisotopic (exact) mass is 247 g/mol. The average molecular weight is 247 g/mol. The molecule has 1 N–H and O–H groups in total. The lowest BCUT2D eigenvalue weighted by molar-refractivity contribution is 0.431. The van der Waals surface area contributed by atoms with Crippen LogP contribution in [-0.4, -0.2) is 50.7 Å². The van der Waals surface area contributed by atoms with E-state index < -0.39 is 0 Å². The molecule has 7 heteroatoms. The highest BCUT2D eigenvalue weighted by atomic mass is 15.5. The second-order valence-corrected chi connectivity index (χ2v) is 4.50. The van der Waals surface area contributed by atoms with E-state index in [0.29, 0.717) is 11.7 Å². The molecule has 18 heavy (non-hydrogen) atoms. The van der Waals surface area contributed by atoms with Crippen molar-refractivity contribution in [2.24, 2.45) is 0 Å². The summed E-state index contributed by atoms with van der Waals surface area (Å²) in [5.41, 5.74) is 0.690. The molecular weight excluding hydrogens is 230 g/mol. The number of likely N-dealkylation sites (N-methyl/N-ethyl adjacent to an activating group) is 1. The molecule has 0 saturated carbocycles. The molecule has 0 amide bonds. The zero-order chi connectivity index (χ0) is 12.4. The summed E-state index contributed by atoms with van der Waals surface area (Å²) in [5, 5.41) is 15.1. The Bertz CT molecular complexity index is 517. The highest BCUT2D eigenvalue weighted by Gasteiger charge is 2.22. The second-order valence-electron chi connectivity index (χ2n) is 4.50. The molecule has 0 bridgehead atoms. The van der Waals surface area contributed by atoms with Crippen LogP contribution in [0.4, 0.5) is 5.82 Å². The van der Waals surface area contributed by atoms with Gasteiger partial charge in [-0.1, -0.05) is 0 Å². The van der Waals surface area contributed by atoms with Gasteiger partial charge in [0.2, 0.25) is 0 Å². The van der Waals surface area contributed by atoms with Crippen molar-refractivity contribution in [1.82, 2.24) is 30.3 Å². The Balaban J connectivity index is 1.97. The van der Waals surface area contributed by atoms with Crippen molar-refractivity contribution in [2.45, 2.75) is 25.8 Å². The lowest BCUT2D eigenvalue weighted by atomic mass is 10.1. The Morgan fingerprint density at radius 3 is 3.22 bits per heavy atom. The van der Waals surface area contributed by atoms with Crippen LogP contribution in [0.5, 0.6) is 0 Å². The summed E-state index contributed by atoms with van der Waals surface area (Å²) in [7, 11) is 0. The molecule has 0 spiro atoms. The van der Waals surface area contributed by atoms with E-state index in [-0.39, 0.29) is 0 Å². The highest BCUT2D eigenvalue weighted by Crippen LogP contribution is 2.19. The van der Waals surface area contributed by atoms with Crippen LogP contribution >= 0.6 is 0 Å². The van der Waals surface area contributed by atoms with Crippen molar-refractivity contribution in [3.8, 4) is 0 Å². The fraction of sp³-hybridized carbons (Fsp3) is 0.636. The van der Waals surface area contributed by atoms with E-state index >= 15 is 0 Å². The number of fused-ring (bicyclic) bond motifs is 1. The summed E-state index contributed by atoms with van der Waals surface area (Å²) in [4.78, 5) is 6.55. The molecule has 1 aliphatic heterocycles. The minimum atomic E-state index is 0.486. The van der Waals surface area contributed by atoms with E-state index in [1.807, 2.05) is 6.20 Å². The van der Waals surface area contributed by atoms with Gasteiger partial charge in [0.25, 0.3) is 0 Å². The molecule has 1 saturated heterocycles. The Morgan fingerprint density at radius 1 is 1.50 bits per heavy atom. The first-order valence-electron chi connectivity index (χ1n) is 6.39. The molecular formula is C11H17N7. The van der Waals surface area contributed by atoms with E-state index in [1.165, 1.54) is 12.8 Å². The van der Waals surface area contributed by atoms with Gasteiger partial charge in [-0.25, -0.2) is 0 Å². The summed E-state index contributed by atoms with van der Waals surface area (Å²) < 4.78 is 1.76. The predicted octanol–water partition coefficient (Wildman–Crippen LogP) is 0.0976. The Labute approximate surface area is 105 Å². The van der Waals surface area contributed by atoms with Gasteiger partial charge in [0.05, 0.1) is 12.4 Å². The smallest absolute Gasteiger partial charge is 0.199 e. The van der Waals surface area contributed by atoms with Crippen LogP contribution in [0.25, 0.3) is 5.65 Å². The zero-order valence-corrected chi connectivity index (χ0v) is 10.5. The van der Waals surface area contributed by atoms with Crippen molar-refractivity contribution >= 4 is 11.5 Å². The minimum absolute atomic E-state index is 0.486. The number of nitrogens with zero attached hydrogens (tertiary/aromatic N) is 6. The molecule has 0 radical (unpaired) electrons. The molecule has 0 aromatic carbocycles. The van der Waals surface area contributed by atoms with E-state index in [9.17, 15) is 0 Å². The molecule has 0 aliphatic carbocycles. The molecule has 2 aromatic heterocycles. The van der Waals surface area contributed by atoms with Gasteiger partial charge in [-0.15, -0.1) is 5.10 Å².